The fraction of sp³-hybridized carbons (Fsp3) is 0.606. The SMILES string of the molecule is CC(C)[C@H](CC(=O)[C@H](C)NC(=O)[C@@H](CC(=O)c1ccc(C(=O)O)cc1)C(C)(C)C)C(=O)C(=O)CCC(=O)N1CCN(C)CC1. The van der Waals surface area contributed by atoms with Crippen molar-refractivity contribution in [3.8, 4) is 0 Å². The number of hydrogen-bond acceptors (Lipinski definition) is 8. The summed E-state index contributed by atoms with van der Waals surface area (Å²) < 4.78 is 0. The van der Waals surface area contributed by atoms with Gasteiger partial charge < -0.3 is 20.2 Å². The quantitative estimate of drug-likeness (QED) is 0.224. The van der Waals surface area contributed by atoms with Crippen molar-refractivity contribution < 1.29 is 38.7 Å². The summed E-state index contributed by atoms with van der Waals surface area (Å²) in [6, 6.07) is 4.49. The number of benzene rings is 1. The average Bonchev–Trinajstić information content (AvgIpc) is 2.95. The number of Topliss-reactive ketones (excluding diaryl/α,β-unsaturated/α-hetero) is 4. The lowest BCUT2D eigenvalue weighted by molar-refractivity contribution is -0.142. The molecule has 0 aliphatic carbocycles. The van der Waals surface area contributed by atoms with Crippen molar-refractivity contribution in [2.24, 2.45) is 23.2 Å². The van der Waals surface area contributed by atoms with Crippen molar-refractivity contribution in [2.45, 2.75) is 73.3 Å². The van der Waals surface area contributed by atoms with Gasteiger partial charge in [0.05, 0.1) is 17.5 Å². The maximum Gasteiger partial charge on any atom is 0.335 e. The van der Waals surface area contributed by atoms with Crippen molar-refractivity contribution in [3.05, 3.63) is 35.4 Å². The number of likely N-dealkylation sites (N-methyl/N-ethyl adjacent to an activating group) is 1. The predicted molar refractivity (Wildman–Crippen MR) is 164 cm³/mol. The fourth-order valence-electron chi connectivity index (χ4n) is 5.08. The summed E-state index contributed by atoms with van der Waals surface area (Å²) >= 11 is 0. The van der Waals surface area contributed by atoms with E-state index in [0.717, 1.165) is 13.1 Å². The molecule has 11 nitrogen and oxygen atoms in total. The zero-order valence-electron chi connectivity index (χ0n) is 27.0. The van der Waals surface area contributed by atoms with Crippen LogP contribution >= 0.6 is 0 Å². The van der Waals surface area contributed by atoms with E-state index in [1.165, 1.54) is 31.2 Å². The fourth-order valence-corrected chi connectivity index (χ4v) is 5.08. The van der Waals surface area contributed by atoms with E-state index >= 15 is 0 Å². The zero-order chi connectivity index (χ0) is 33.4. The van der Waals surface area contributed by atoms with Gasteiger partial charge >= 0.3 is 5.97 Å². The summed E-state index contributed by atoms with van der Waals surface area (Å²) in [6.45, 7) is 13.1. The standard InChI is InChI=1S/C33H47N3O8/c1-20(2)24(30(41)26(37)12-13-29(40)36-16-14-35(7)15-17-36)18-27(38)21(3)34-31(42)25(33(4,5)6)19-28(39)22-8-10-23(11-9-22)32(43)44/h8-11,20-21,24-25H,12-19H2,1-7H3,(H,34,42)(H,43,44)/t21-,24-,25+/m0/s1. The third-order valence-electron chi connectivity index (χ3n) is 8.31. The maximum absolute atomic E-state index is 13.3. The molecule has 1 aromatic carbocycles. The van der Waals surface area contributed by atoms with Gasteiger partial charge in [-0.05, 0) is 37.4 Å². The largest absolute Gasteiger partial charge is 0.478 e. The highest BCUT2D eigenvalue weighted by molar-refractivity contribution is 6.38. The summed E-state index contributed by atoms with van der Waals surface area (Å²) in [7, 11) is 1.97. The van der Waals surface area contributed by atoms with Crippen LogP contribution in [-0.2, 0) is 24.0 Å². The highest BCUT2D eigenvalue weighted by atomic mass is 16.4. The van der Waals surface area contributed by atoms with Crippen molar-refractivity contribution in [3.63, 3.8) is 0 Å². The van der Waals surface area contributed by atoms with Crippen LogP contribution in [-0.4, -0.2) is 95.1 Å². The third kappa shape index (κ3) is 10.5. The Hall–Kier alpha value is -3.73. The van der Waals surface area contributed by atoms with E-state index in [2.05, 4.69) is 10.2 Å². The topological polar surface area (TPSA) is 158 Å². The first-order valence-electron chi connectivity index (χ1n) is 15.1. The number of carbonyl (C=O) groups excluding carboxylic acids is 6. The van der Waals surface area contributed by atoms with Crippen LogP contribution in [0.2, 0.25) is 0 Å². The molecule has 1 fully saturated rings. The Morgan fingerprint density at radius 2 is 1.39 bits per heavy atom. The molecule has 0 saturated carbocycles. The Labute approximate surface area is 259 Å². The molecule has 1 saturated heterocycles. The van der Waals surface area contributed by atoms with Gasteiger partial charge in [0.15, 0.2) is 17.3 Å². The molecule has 11 heteroatoms. The van der Waals surface area contributed by atoms with Crippen LogP contribution in [0.5, 0.6) is 0 Å². The van der Waals surface area contributed by atoms with Crippen LogP contribution in [0.1, 0.15) is 87.9 Å². The van der Waals surface area contributed by atoms with Gasteiger partial charge in [-0.3, -0.25) is 28.8 Å². The molecule has 2 rings (SSSR count). The molecule has 0 aromatic heterocycles. The molecule has 0 unspecified atom stereocenters. The number of carboxylic acid groups (broad SMARTS) is 1. The second kappa shape index (κ2) is 15.8. The molecule has 0 bridgehead atoms. The second-order valence-corrected chi connectivity index (χ2v) is 13.2. The van der Waals surface area contributed by atoms with Gasteiger partial charge in [0.25, 0.3) is 0 Å². The molecule has 3 atom stereocenters. The van der Waals surface area contributed by atoms with Gasteiger partial charge in [-0.1, -0.05) is 46.8 Å². The number of carbonyl (C=O) groups is 7. The van der Waals surface area contributed by atoms with Gasteiger partial charge in [0.1, 0.15) is 0 Å². The number of amides is 2. The number of carboxylic acids is 1. The summed E-state index contributed by atoms with van der Waals surface area (Å²) in [5.74, 6) is -5.93. The lowest BCUT2D eigenvalue weighted by atomic mass is 9.76. The van der Waals surface area contributed by atoms with Crippen molar-refractivity contribution in [1.29, 1.82) is 0 Å². The number of aromatic carboxylic acids is 1. The molecule has 44 heavy (non-hydrogen) atoms. The lowest BCUT2D eigenvalue weighted by Crippen LogP contribution is -2.47. The molecule has 0 radical (unpaired) electrons. The molecule has 2 N–H and O–H groups in total. The van der Waals surface area contributed by atoms with E-state index in [9.17, 15) is 33.6 Å². The van der Waals surface area contributed by atoms with Crippen LogP contribution in [0.3, 0.4) is 0 Å². The summed E-state index contributed by atoms with van der Waals surface area (Å²) in [5.41, 5.74) is -0.333. The molecule has 1 aromatic rings. The number of rotatable bonds is 15. The Morgan fingerprint density at radius 1 is 0.841 bits per heavy atom. The van der Waals surface area contributed by atoms with Gasteiger partial charge in [0.2, 0.25) is 17.6 Å². The minimum absolute atomic E-state index is 0.0398. The van der Waals surface area contributed by atoms with Gasteiger partial charge in [-0.15, -0.1) is 0 Å². The van der Waals surface area contributed by atoms with E-state index in [4.69, 9.17) is 5.11 Å². The van der Waals surface area contributed by atoms with E-state index in [-0.39, 0.29) is 54.4 Å². The molecule has 1 heterocycles. The Kier molecular flexibility index (Phi) is 13.1. The molecular formula is C33H47N3O8. The van der Waals surface area contributed by atoms with Crippen LogP contribution in [0.15, 0.2) is 24.3 Å². The van der Waals surface area contributed by atoms with E-state index < -0.39 is 52.5 Å². The zero-order valence-corrected chi connectivity index (χ0v) is 27.0. The second-order valence-electron chi connectivity index (χ2n) is 13.2. The normalized spacial score (nSPS) is 16.1. The van der Waals surface area contributed by atoms with Crippen LogP contribution < -0.4 is 5.32 Å². The van der Waals surface area contributed by atoms with Crippen LogP contribution in [0.4, 0.5) is 0 Å². The molecular weight excluding hydrogens is 566 g/mol. The maximum atomic E-state index is 13.3. The van der Waals surface area contributed by atoms with Gasteiger partial charge in [-0.2, -0.15) is 0 Å². The highest BCUT2D eigenvalue weighted by Gasteiger charge is 2.36. The molecule has 242 valence electrons. The molecule has 1 aliphatic rings. The first-order chi connectivity index (χ1) is 20.4. The van der Waals surface area contributed by atoms with E-state index in [1.54, 1.807) is 39.5 Å². The van der Waals surface area contributed by atoms with Crippen LogP contribution in [0, 0.1) is 23.2 Å². The molecule has 2 amide bonds. The summed E-state index contributed by atoms with van der Waals surface area (Å²) in [6.07, 6.45) is -0.674. The van der Waals surface area contributed by atoms with Crippen molar-refractivity contribution in [1.82, 2.24) is 15.1 Å². The smallest absolute Gasteiger partial charge is 0.335 e. The van der Waals surface area contributed by atoms with Crippen molar-refractivity contribution in [2.75, 3.05) is 33.2 Å². The number of hydrogen-bond donors (Lipinski definition) is 2. The van der Waals surface area contributed by atoms with Gasteiger partial charge in [-0.25, -0.2) is 4.79 Å². The Morgan fingerprint density at radius 3 is 1.89 bits per heavy atom. The first kappa shape index (κ1) is 36.5. The Balaban J connectivity index is 2.00. The highest BCUT2D eigenvalue weighted by Crippen LogP contribution is 2.30. The van der Waals surface area contributed by atoms with Gasteiger partial charge in [0, 0.05) is 63.3 Å². The molecule has 0 spiro atoms. The third-order valence-corrected chi connectivity index (χ3v) is 8.31. The first-order valence-corrected chi connectivity index (χ1v) is 15.1. The van der Waals surface area contributed by atoms with E-state index in [0.29, 0.717) is 13.1 Å². The number of piperazine rings is 1. The number of nitrogens with zero attached hydrogens (tertiary/aromatic N) is 2. The minimum atomic E-state index is -1.11. The predicted octanol–water partition coefficient (Wildman–Crippen LogP) is 3.05. The average molecular weight is 614 g/mol. The Bertz CT molecular complexity index is 1240. The number of nitrogens with one attached hydrogen (secondary N) is 1. The number of ketones is 4. The minimum Gasteiger partial charge on any atom is -0.478 e. The van der Waals surface area contributed by atoms with E-state index in [1.807, 2.05) is 7.05 Å². The summed E-state index contributed by atoms with van der Waals surface area (Å²) in [5, 5.41) is 11.8. The van der Waals surface area contributed by atoms with Crippen molar-refractivity contribution >= 4 is 40.9 Å². The monoisotopic (exact) mass is 613 g/mol. The summed E-state index contributed by atoms with van der Waals surface area (Å²) in [4.78, 5) is 92.7. The lowest BCUT2D eigenvalue weighted by Gasteiger charge is -2.32. The van der Waals surface area contributed by atoms with Crippen LogP contribution in [0.25, 0.3) is 0 Å². The molecule has 1 aliphatic heterocycles.